The van der Waals surface area contributed by atoms with Gasteiger partial charge in [-0.3, -0.25) is 14.2 Å². The molecule has 0 radical (unpaired) electrons. The lowest BCUT2D eigenvalue weighted by Gasteiger charge is -2.27. The Bertz CT molecular complexity index is 1720. The SMILES string of the molecule is CCCC1=C(C(=O)OCC)[C@H](c2cc(OC)ccc2OC)n2c(s/c(=C3\C(=O)N(CC)c4ccccc43)c2=O)=N1. The minimum atomic E-state index is -0.898. The molecule has 0 fully saturated rings. The largest absolute Gasteiger partial charge is 0.497 e. The molecule has 10 heteroatoms. The van der Waals surface area contributed by atoms with Crippen molar-refractivity contribution >= 4 is 34.5 Å². The number of para-hydroxylation sites is 1. The quantitative estimate of drug-likeness (QED) is 0.391. The number of esters is 1. The summed E-state index contributed by atoms with van der Waals surface area (Å²) in [5.74, 6) is 0.226. The number of carbonyl (C=O) groups is 2. The van der Waals surface area contributed by atoms with Crippen LogP contribution in [0.5, 0.6) is 11.5 Å². The zero-order valence-electron chi connectivity index (χ0n) is 23.1. The number of ether oxygens (including phenoxy) is 3. The number of amides is 1. The van der Waals surface area contributed by atoms with E-state index in [0.29, 0.717) is 51.7 Å². The van der Waals surface area contributed by atoms with Crippen LogP contribution in [0.25, 0.3) is 5.57 Å². The molecular weight excluding hydrogens is 530 g/mol. The van der Waals surface area contributed by atoms with Gasteiger partial charge in [-0.15, -0.1) is 0 Å². The van der Waals surface area contributed by atoms with Crippen molar-refractivity contribution in [2.24, 2.45) is 4.99 Å². The summed E-state index contributed by atoms with van der Waals surface area (Å²) in [4.78, 5) is 48.4. The number of likely N-dealkylation sites (N-methyl/N-ethyl adjacent to an activating group) is 1. The van der Waals surface area contributed by atoms with Gasteiger partial charge in [-0.2, -0.15) is 0 Å². The van der Waals surface area contributed by atoms with E-state index in [1.54, 1.807) is 37.1 Å². The fourth-order valence-corrected chi connectivity index (χ4v) is 6.44. The molecule has 1 atom stereocenters. The number of hydrogen-bond acceptors (Lipinski definition) is 8. The molecule has 208 valence electrons. The Labute approximate surface area is 235 Å². The van der Waals surface area contributed by atoms with Crippen LogP contribution in [-0.2, 0) is 14.3 Å². The molecule has 0 saturated heterocycles. The molecule has 3 aromatic rings. The van der Waals surface area contributed by atoms with E-state index >= 15 is 0 Å². The van der Waals surface area contributed by atoms with Crippen molar-refractivity contribution in [3.05, 3.63) is 84.5 Å². The number of rotatable bonds is 8. The molecule has 2 aliphatic heterocycles. The van der Waals surface area contributed by atoms with E-state index in [9.17, 15) is 14.4 Å². The van der Waals surface area contributed by atoms with E-state index in [1.165, 1.54) is 11.7 Å². The van der Waals surface area contributed by atoms with Crippen LogP contribution in [0.4, 0.5) is 5.69 Å². The van der Waals surface area contributed by atoms with Crippen molar-refractivity contribution in [2.75, 3.05) is 32.3 Å². The molecule has 2 aromatic carbocycles. The summed E-state index contributed by atoms with van der Waals surface area (Å²) in [5.41, 5.74) is 2.77. The topological polar surface area (TPSA) is 99.4 Å². The highest BCUT2D eigenvalue weighted by atomic mass is 32.1. The van der Waals surface area contributed by atoms with E-state index < -0.39 is 17.6 Å². The van der Waals surface area contributed by atoms with Gasteiger partial charge in [0.15, 0.2) is 4.80 Å². The van der Waals surface area contributed by atoms with Crippen molar-refractivity contribution in [1.29, 1.82) is 0 Å². The second-order valence-corrected chi connectivity index (χ2v) is 10.3. The van der Waals surface area contributed by atoms with Gasteiger partial charge in [-0.25, -0.2) is 9.79 Å². The summed E-state index contributed by atoms with van der Waals surface area (Å²) in [6.07, 6.45) is 1.22. The predicted molar refractivity (Wildman–Crippen MR) is 153 cm³/mol. The van der Waals surface area contributed by atoms with Gasteiger partial charge in [0.2, 0.25) is 0 Å². The normalized spacial score (nSPS) is 17.4. The number of anilines is 1. The molecule has 40 heavy (non-hydrogen) atoms. The van der Waals surface area contributed by atoms with E-state index in [0.717, 1.165) is 23.4 Å². The summed E-state index contributed by atoms with van der Waals surface area (Å²) in [5, 5.41) is 0. The maximum absolute atomic E-state index is 14.4. The maximum atomic E-state index is 14.4. The van der Waals surface area contributed by atoms with Crippen LogP contribution in [0, 0.1) is 0 Å². The Morgan fingerprint density at radius 1 is 1.05 bits per heavy atom. The molecule has 3 heterocycles. The molecule has 0 aliphatic carbocycles. The first-order valence-electron chi connectivity index (χ1n) is 13.3. The lowest BCUT2D eigenvalue weighted by Crippen LogP contribution is -2.41. The third kappa shape index (κ3) is 4.32. The number of allylic oxidation sites excluding steroid dienone is 1. The molecule has 0 bridgehead atoms. The molecule has 5 rings (SSSR count). The fourth-order valence-electron chi connectivity index (χ4n) is 5.33. The average molecular weight is 562 g/mol. The number of thiazole rings is 1. The number of aromatic nitrogens is 1. The summed E-state index contributed by atoms with van der Waals surface area (Å²) in [7, 11) is 3.08. The average Bonchev–Trinajstić information content (AvgIpc) is 3.43. The van der Waals surface area contributed by atoms with E-state index in [-0.39, 0.29) is 22.6 Å². The van der Waals surface area contributed by atoms with Crippen molar-refractivity contribution in [3.8, 4) is 11.5 Å². The monoisotopic (exact) mass is 561 g/mol. The predicted octanol–water partition coefficient (Wildman–Crippen LogP) is 3.33. The fraction of sp³-hybridized carbons (Fsp3) is 0.333. The van der Waals surface area contributed by atoms with E-state index in [2.05, 4.69) is 0 Å². The summed E-state index contributed by atoms with van der Waals surface area (Å²) < 4.78 is 18.4. The zero-order chi connectivity index (χ0) is 28.6. The van der Waals surface area contributed by atoms with Gasteiger partial charge >= 0.3 is 5.97 Å². The van der Waals surface area contributed by atoms with E-state index in [1.807, 2.05) is 38.1 Å². The van der Waals surface area contributed by atoms with Crippen LogP contribution in [-0.4, -0.2) is 43.8 Å². The van der Waals surface area contributed by atoms with Gasteiger partial charge < -0.3 is 19.1 Å². The molecule has 0 spiro atoms. The van der Waals surface area contributed by atoms with Gasteiger partial charge in [0.05, 0.1) is 43.4 Å². The molecule has 1 amide bonds. The van der Waals surface area contributed by atoms with Crippen LogP contribution in [0.2, 0.25) is 0 Å². The smallest absolute Gasteiger partial charge is 0.338 e. The number of fused-ring (bicyclic) bond motifs is 2. The second kappa shape index (κ2) is 11.1. The molecule has 0 N–H and O–H groups in total. The lowest BCUT2D eigenvalue weighted by molar-refractivity contribution is -0.139. The third-order valence-electron chi connectivity index (χ3n) is 7.07. The Morgan fingerprint density at radius 3 is 2.50 bits per heavy atom. The first-order chi connectivity index (χ1) is 19.4. The molecular formula is C30H31N3O6S. The van der Waals surface area contributed by atoms with Crippen molar-refractivity contribution < 1.29 is 23.8 Å². The minimum absolute atomic E-state index is 0.163. The van der Waals surface area contributed by atoms with Gasteiger partial charge in [-0.1, -0.05) is 42.9 Å². The van der Waals surface area contributed by atoms with Crippen molar-refractivity contribution in [3.63, 3.8) is 0 Å². The molecule has 1 aromatic heterocycles. The van der Waals surface area contributed by atoms with Gasteiger partial charge in [0, 0.05) is 17.7 Å². The Morgan fingerprint density at radius 2 is 1.82 bits per heavy atom. The Hall–Kier alpha value is -4.18. The van der Waals surface area contributed by atoms with Crippen LogP contribution in [0.15, 0.2) is 63.5 Å². The van der Waals surface area contributed by atoms with Crippen LogP contribution < -0.4 is 29.3 Å². The summed E-state index contributed by atoms with van der Waals surface area (Å²) in [6, 6.07) is 11.8. The lowest BCUT2D eigenvalue weighted by atomic mass is 9.93. The van der Waals surface area contributed by atoms with E-state index in [4.69, 9.17) is 19.2 Å². The van der Waals surface area contributed by atoms with Gasteiger partial charge in [0.25, 0.3) is 11.5 Å². The molecule has 9 nitrogen and oxygen atoms in total. The standard InChI is InChI=1S/C30H31N3O6S/c1-6-11-20-24(29(36)39-8-3)25(19-16-17(37-4)14-15-22(19)38-5)33-28(35)26(40-30(33)31-20)23-18-12-9-10-13-21(18)32(7-2)27(23)34/h9-10,12-16,25H,6-8,11H2,1-5H3/b26-23-/t25-/m0/s1. The zero-order valence-corrected chi connectivity index (χ0v) is 24.0. The highest BCUT2D eigenvalue weighted by Crippen LogP contribution is 2.39. The number of benzene rings is 2. The number of nitrogens with zero attached hydrogens (tertiary/aromatic N) is 3. The molecule has 2 aliphatic rings. The van der Waals surface area contributed by atoms with Crippen molar-refractivity contribution in [2.45, 2.75) is 39.7 Å². The first kappa shape index (κ1) is 27.4. The van der Waals surface area contributed by atoms with Gasteiger partial charge in [-0.05, 0) is 44.5 Å². The summed E-state index contributed by atoms with van der Waals surface area (Å²) in [6.45, 7) is 6.26. The number of methoxy groups -OCH3 is 2. The minimum Gasteiger partial charge on any atom is -0.497 e. The maximum Gasteiger partial charge on any atom is 0.338 e. The molecule has 0 unspecified atom stereocenters. The van der Waals surface area contributed by atoms with Crippen molar-refractivity contribution in [1.82, 2.24) is 4.57 Å². The third-order valence-corrected chi connectivity index (χ3v) is 8.12. The highest BCUT2D eigenvalue weighted by Gasteiger charge is 2.38. The second-order valence-electron chi connectivity index (χ2n) is 9.28. The Kier molecular flexibility index (Phi) is 7.62. The van der Waals surface area contributed by atoms with Crippen LogP contribution in [0.3, 0.4) is 0 Å². The first-order valence-corrected chi connectivity index (χ1v) is 14.1. The van der Waals surface area contributed by atoms with Crippen LogP contribution in [0.1, 0.15) is 50.8 Å². The number of carbonyl (C=O) groups excluding carboxylic acids is 2. The van der Waals surface area contributed by atoms with Crippen LogP contribution >= 0.6 is 11.3 Å². The summed E-state index contributed by atoms with van der Waals surface area (Å²) >= 11 is 1.16. The number of hydrogen-bond donors (Lipinski definition) is 0. The molecule has 0 saturated carbocycles. The highest BCUT2D eigenvalue weighted by molar-refractivity contribution is 7.07. The van der Waals surface area contributed by atoms with Gasteiger partial charge in [0.1, 0.15) is 22.1 Å². The Balaban J connectivity index is 1.89.